The highest BCUT2D eigenvalue weighted by atomic mass is 32.2. The number of esters is 1. The largest absolute Gasteiger partial charge is 0.426 e. The molecule has 0 amide bonds. The van der Waals surface area contributed by atoms with E-state index < -0.39 is 5.41 Å². The van der Waals surface area contributed by atoms with Crippen LogP contribution in [0.5, 0.6) is 5.75 Å². The van der Waals surface area contributed by atoms with Crippen LogP contribution in [-0.4, -0.2) is 23.2 Å². The van der Waals surface area contributed by atoms with Crippen molar-refractivity contribution < 1.29 is 9.53 Å². The highest BCUT2D eigenvalue weighted by Gasteiger charge is 2.29. The van der Waals surface area contributed by atoms with Crippen molar-refractivity contribution >= 4 is 30.4 Å². The molecule has 0 N–H and O–H groups in total. The van der Waals surface area contributed by atoms with Crippen LogP contribution in [0.1, 0.15) is 33.1 Å². The summed E-state index contributed by atoms with van der Waals surface area (Å²) in [5.74, 6) is 3.66. The molecule has 0 radical (unpaired) electrons. The molecule has 112 valence electrons. The van der Waals surface area contributed by atoms with Gasteiger partial charge in [-0.2, -0.15) is 24.4 Å². The third-order valence-electron chi connectivity index (χ3n) is 3.04. The van der Waals surface area contributed by atoms with Gasteiger partial charge in [0.05, 0.1) is 5.41 Å². The number of hydrogen-bond acceptors (Lipinski definition) is 4. The first-order chi connectivity index (χ1) is 9.56. The van der Waals surface area contributed by atoms with Gasteiger partial charge in [0.15, 0.2) is 0 Å². The number of hydrogen-bond donors (Lipinski definition) is 1. The second kappa shape index (κ2) is 9.35. The van der Waals surface area contributed by atoms with Crippen LogP contribution in [0, 0.1) is 5.41 Å². The maximum Gasteiger partial charge on any atom is 0.316 e. The zero-order valence-corrected chi connectivity index (χ0v) is 14.0. The van der Waals surface area contributed by atoms with E-state index in [0.717, 1.165) is 36.5 Å². The van der Waals surface area contributed by atoms with Crippen molar-refractivity contribution in [3.63, 3.8) is 0 Å². The average molecular weight is 312 g/mol. The van der Waals surface area contributed by atoms with Gasteiger partial charge in [0.25, 0.3) is 0 Å². The number of rotatable bonds is 9. The van der Waals surface area contributed by atoms with E-state index in [1.54, 1.807) is 12.1 Å². The van der Waals surface area contributed by atoms with Crippen LogP contribution in [0.4, 0.5) is 0 Å². The fraction of sp³-hybridized carbons (Fsp3) is 0.562. The fourth-order valence-electron chi connectivity index (χ4n) is 1.72. The molecule has 1 aromatic rings. The number of thioether (sulfide) groups is 1. The Morgan fingerprint density at radius 2 is 1.85 bits per heavy atom. The summed E-state index contributed by atoms with van der Waals surface area (Å²) in [6.45, 7) is 3.91. The maximum atomic E-state index is 12.2. The molecule has 0 saturated heterocycles. The smallest absolute Gasteiger partial charge is 0.316 e. The molecule has 2 nitrogen and oxygen atoms in total. The van der Waals surface area contributed by atoms with Gasteiger partial charge in [-0.1, -0.05) is 18.2 Å². The minimum atomic E-state index is -0.431. The van der Waals surface area contributed by atoms with E-state index in [0.29, 0.717) is 5.75 Å². The molecule has 0 saturated carbocycles. The lowest BCUT2D eigenvalue weighted by molar-refractivity contribution is -0.144. The topological polar surface area (TPSA) is 26.3 Å². The van der Waals surface area contributed by atoms with E-state index in [-0.39, 0.29) is 5.97 Å². The minimum Gasteiger partial charge on any atom is -0.426 e. The molecule has 0 spiro atoms. The van der Waals surface area contributed by atoms with Crippen LogP contribution < -0.4 is 4.74 Å². The van der Waals surface area contributed by atoms with Crippen molar-refractivity contribution in [3.05, 3.63) is 30.3 Å². The van der Waals surface area contributed by atoms with Crippen molar-refractivity contribution in [2.45, 2.75) is 33.1 Å². The number of carbonyl (C=O) groups is 1. The molecule has 0 fully saturated rings. The van der Waals surface area contributed by atoms with E-state index in [4.69, 9.17) is 4.74 Å². The van der Waals surface area contributed by atoms with Gasteiger partial charge in [-0.05, 0) is 62.5 Å². The molecule has 0 aliphatic heterocycles. The Balaban J connectivity index is 2.30. The average Bonchev–Trinajstić information content (AvgIpc) is 2.43. The number of ether oxygens (including phenoxy) is 1. The quantitative estimate of drug-likeness (QED) is 0.316. The van der Waals surface area contributed by atoms with Crippen molar-refractivity contribution in [2.75, 3.05) is 17.3 Å². The Bertz CT molecular complexity index is 391. The fourth-order valence-corrected chi connectivity index (χ4v) is 2.99. The van der Waals surface area contributed by atoms with Crippen LogP contribution in [0.2, 0.25) is 0 Å². The predicted molar refractivity (Wildman–Crippen MR) is 90.9 cm³/mol. The van der Waals surface area contributed by atoms with Crippen molar-refractivity contribution in [1.29, 1.82) is 0 Å². The highest BCUT2D eigenvalue weighted by molar-refractivity contribution is 7.99. The first kappa shape index (κ1) is 17.4. The van der Waals surface area contributed by atoms with Gasteiger partial charge in [-0.15, -0.1) is 0 Å². The molecule has 1 aromatic carbocycles. The van der Waals surface area contributed by atoms with Gasteiger partial charge in [0, 0.05) is 0 Å². The Hall–Kier alpha value is -0.610. The Kier molecular flexibility index (Phi) is 8.15. The first-order valence-corrected chi connectivity index (χ1v) is 8.81. The molecule has 20 heavy (non-hydrogen) atoms. The summed E-state index contributed by atoms with van der Waals surface area (Å²) >= 11 is 6.12. The summed E-state index contributed by atoms with van der Waals surface area (Å²) in [5.41, 5.74) is -0.431. The van der Waals surface area contributed by atoms with Crippen LogP contribution in [-0.2, 0) is 4.79 Å². The Labute approximate surface area is 132 Å². The van der Waals surface area contributed by atoms with Gasteiger partial charge in [0.1, 0.15) is 5.75 Å². The van der Waals surface area contributed by atoms with Crippen LogP contribution >= 0.6 is 24.4 Å². The molecular weight excluding hydrogens is 288 g/mol. The van der Waals surface area contributed by atoms with E-state index in [9.17, 15) is 4.79 Å². The number of carbonyl (C=O) groups excluding carboxylic acids is 1. The van der Waals surface area contributed by atoms with Gasteiger partial charge in [-0.25, -0.2) is 0 Å². The van der Waals surface area contributed by atoms with E-state index in [1.165, 1.54) is 0 Å². The summed E-state index contributed by atoms with van der Waals surface area (Å²) in [7, 11) is 0. The summed E-state index contributed by atoms with van der Waals surface area (Å²) < 4.78 is 5.42. The minimum absolute atomic E-state index is 0.149. The van der Waals surface area contributed by atoms with Crippen LogP contribution in [0.3, 0.4) is 0 Å². The monoisotopic (exact) mass is 312 g/mol. The summed E-state index contributed by atoms with van der Waals surface area (Å²) in [6, 6.07) is 9.26. The third-order valence-corrected chi connectivity index (χ3v) is 4.51. The van der Waals surface area contributed by atoms with Crippen molar-refractivity contribution in [3.8, 4) is 5.75 Å². The molecule has 0 atom stereocenters. The van der Waals surface area contributed by atoms with Gasteiger partial charge in [-0.3, -0.25) is 4.79 Å². The molecule has 4 heteroatoms. The molecule has 0 aromatic heterocycles. The second-order valence-corrected chi connectivity index (χ2v) is 7.05. The van der Waals surface area contributed by atoms with Crippen LogP contribution in [0.25, 0.3) is 0 Å². The predicted octanol–water partition coefficient (Wildman–Crippen LogP) is 4.45. The van der Waals surface area contributed by atoms with Crippen molar-refractivity contribution in [2.24, 2.45) is 5.41 Å². The zero-order chi connectivity index (χ0) is 14.8. The SMILES string of the molecule is CC(C)(CCCSCCCS)C(=O)Oc1ccccc1. The lowest BCUT2D eigenvalue weighted by Gasteiger charge is -2.22. The molecule has 0 unspecified atom stereocenters. The first-order valence-electron chi connectivity index (χ1n) is 7.02. The zero-order valence-electron chi connectivity index (χ0n) is 12.3. The van der Waals surface area contributed by atoms with E-state index in [1.807, 2.05) is 43.8 Å². The molecule has 0 bridgehead atoms. The Morgan fingerprint density at radius 3 is 2.50 bits per heavy atom. The standard InChI is InChI=1S/C16H24O2S2/c1-16(2,10-6-12-20-13-7-11-19)15(17)18-14-8-4-3-5-9-14/h3-5,8-9,19H,6-7,10-13H2,1-2H3. The van der Waals surface area contributed by atoms with Crippen molar-refractivity contribution in [1.82, 2.24) is 0 Å². The normalized spacial score (nSPS) is 11.3. The molecule has 1 rings (SSSR count). The number of thiol groups is 1. The molecule has 0 aliphatic rings. The molecule has 0 aliphatic carbocycles. The second-order valence-electron chi connectivity index (χ2n) is 5.38. The highest BCUT2D eigenvalue weighted by Crippen LogP contribution is 2.26. The Morgan fingerprint density at radius 1 is 1.20 bits per heavy atom. The van der Waals surface area contributed by atoms with Gasteiger partial charge < -0.3 is 4.74 Å². The molecular formula is C16H24O2S2. The number of benzene rings is 1. The maximum absolute atomic E-state index is 12.2. The summed E-state index contributed by atoms with van der Waals surface area (Å²) in [5, 5.41) is 0. The van der Waals surface area contributed by atoms with Crippen LogP contribution in [0.15, 0.2) is 30.3 Å². The third kappa shape index (κ3) is 6.71. The van der Waals surface area contributed by atoms with E-state index >= 15 is 0 Å². The number of para-hydroxylation sites is 1. The summed E-state index contributed by atoms with van der Waals surface area (Å²) in [4.78, 5) is 12.2. The lowest BCUT2D eigenvalue weighted by atomic mass is 9.88. The lowest BCUT2D eigenvalue weighted by Crippen LogP contribution is -2.29. The summed E-state index contributed by atoms with van der Waals surface area (Å²) in [6.07, 6.45) is 3.04. The molecule has 0 heterocycles. The van der Waals surface area contributed by atoms with Gasteiger partial charge >= 0.3 is 5.97 Å². The van der Waals surface area contributed by atoms with Gasteiger partial charge in [0.2, 0.25) is 0 Å². The van der Waals surface area contributed by atoms with E-state index in [2.05, 4.69) is 12.6 Å².